The molecule has 1 fully saturated rings. The third-order valence-corrected chi connectivity index (χ3v) is 4.42. The Hall–Kier alpha value is -2.47. The van der Waals surface area contributed by atoms with Gasteiger partial charge in [-0.2, -0.15) is 0 Å². The lowest BCUT2D eigenvalue weighted by molar-refractivity contribution is -0.136. The topological polar surface area (TPSA) is 75.5 Å². The Morgan fingerprint density at radius 2 is 1.84 bits per heavy atom. The predicted molar refractivity (Wildman–Crippen MR) is 93.5 cm³/mol. The van der Waals surface area contributed by atoms with Crippen LogP contribution in [-0.2, 0) is 17.8 Å². The van der Waals surface area contributed by atoms with Crippen LogP contribution < -0.4 is 4.74 Å². The van der Waals surface area contributed by atoms with Gasteiger partial charge in [0.2, 0.25) is 0 Å². The summed E-state index contributed by atoms with van der Waals surface area (Å²) in [5.74, 6) is -0.794. The molecule has 1 saturated heterocycles. The summed E-state index contributed by atoms with van der Waals surface area (Å²) in [5, 5.41) is 9.05. The number of hydrogen-bond donors (Lipinski definition) is 1. The number of nitrogens with zero attached hydrogens (tertiary/aromatic N) is 3. The molecule has 0 bridgehead atoms. The molecule has 6 nitrogen and oxygen atoms in total. The fourth-order valence-electron chi connectivity index (χ4n) is 3.06. The molecule has 0 spiro atoms. The molecule has 2 aromatic rings. The lowest BCUT2D eigenvalue weighted by atomic mass is 10.0. The van der Waals surface area contributed by atoms with Gasteiger partial charge in [-0.15, -0.1) is 0 Å². The molecule has 0 amide bonds. The van der Waals surface area contributed by atoms with Crippen molar-refractivity contribution in [2.24, 2.45) is 0 Å². The van der Waals surface area contributed by atoms with Crippen molar-refractivity contribution in [3.63, 3.8) is 0 Å². The summed E-state index contributed by atoms with van der Waals surface area (Å²) in [5.41, 5.74) is 3.00. The van der Waals surface area contributed by atoms with E-state index in [-0.39, 0.29) is 12.5 Å². The van der Waals surface area contributed by atoms with Gasteiger partial charge in [0.25, 0.3) is 0 Å². The fraction of sp³-hybridized carbons (Fsp3) is 0.421. The van der Waals surface area contributed by atoms with E-state index in [1.807, 2.05) is 31.2 Å². The molecule has 0 atom stereocenters. The number of aryl methyl sites for hydroxylation is 1. The van der Waals surface area contributed by atoms with Crippen LogP contribution in [0.3, 0.4) is 0 Å². The normalized spacial score (nSPS) is 15.9. The number of aromatic nitrogens is 2. The van der Waals surface area contributed by atoms with Gasteiger partial charge >= 0.3 is 12.0 Å². The van der Waals surface area contributed by atoms with Crippen LogP contribution in [0.4, 0.5) is 0 Å². The maximum Gasteiger partial charge on any atom is 0.316 e. The van der Waals surface area contributed by atoms with Gasteiger partial charge in [0.05, 0.1) is 6.42 Å². The number of likely N-dealkylation sites (tertiary alicyclic amines) is 1. The number of aliphatic carboxylic acids is 1. The Kier molecular flexibility index (Phi) is 5.60. The number of carboxylic acids is 1. The van der Waals surface area contributed by atoms with E-state index in [2.05, 4.69) is 14.9 Å². The largest absolute Gasteiger partial charge is 0.481 e. The van der Waals surface area contributed by atoms with E-state index in [0.29, 0.717) is 6.01 Å². The van der Waals surface area contributed by atoms with Crippen LogP contribution in [-0.4, -0.2) is 45.1 Å². The van der Waals surface area contributed by atoms with Gasteiger partial charge in [-0.1, -0.05) is 24.3 Å². The summed E-state index contributed by atoms with van der Waals surface area (Å²) in [4.78, 5) is 21.7. The molecule has 132 valence electrons. The summed E-state index contributed by atoms with van der Waals surface area (Å²) in [6, 6.07) is 8.21. The van der Waals surface area contributed by atoms with E-state index in [9.17, 15) is 4.79 Å². The minimum absolute atomic E-state index is 0.0700. The molecule has 6 heteroatoms. The molecule has 0 aliphatic carbocycles. The zero-order valence-electron chi connectivity index (χ0n) is 14.4. The molecule has 3 rings (SSSR count). The van der Waals surface area contributed by atoms with Gasteiger partial charge in [-0.25, -0.2) is 9.97 Å². The minimum atomic E-state index is -0.794. The first-order chi connectivity index (χ1) is 12.1. The van der Waals surface area contributed by atoms with E-state index in [1.54, 1.807) is 12.4 Å². The third kappa shape index (κ3) is 5.00. The van der Waals surface area contributed by atoms with Crippen LogP contribution in [0.15, 0.2) is 36.7 Å². The molecule has 0 unspecified atom stereocenters. The number of rotatable bonds is 6. The van der Waals surface area contributed by atoms with Crippen LogP contribution >= 0.6 is 0 Å². The third-order valence-electron chi connectivity index (χ3n) is 4.42. The zero-order valence-corrected chi connectivity index (χ0v) is 14.4. The smallest absolute Gasteiger partial charge is 0.316 e. The van der Waals surface area contributed by atoms with Crippen molar-refractivity contribution >= 4 is 5.97 Å². The van der Waals surface area contributed by atoms with E-state index < -0.39 is 5.97 Å². The summed E-state index contributed by atoms with van der Waals surface area (Å²) in [6.07, 6.45) is 5.55. The predicted octanol–water partition coefficient (Wildman–Crippen LogP) is 2.46. The average molecular weight is 341 g/mol. The highest BCUT2D eigenvalue weighted by Crippen LogP contribution is 2.19. The highest BCUT2D eigenvalue weighted by atomic mass is 16.5. The number of piperidine rings is 1. The van der Waals surface area contributed by atoms with Gasteiger partial charge in [0, 0.05) is 32.0 Å². The molecule has 1 aliphatic rings. The number of carboxylic acid groups (broad SMARTS) is 1. The van der Waals surface area contributed by atoms with E-state index in [1.165, 1.54) is 0 Å². The minimum Gasteiger partial charge on any atom is -0.481 e. The number of hydrogen-bond acceptors (Lipinski definition) is 5. The number of carbonyl (C=O) groups is 1. The lowest BCUT2D eigenvalue weighted by Gasteiger charge is -2.32. The molecular weight excluding hydrogens is 318 g/mol. The standard InChI is InChI=1S/C19H23N3O3/c1-14-11-20-19(21-12-14)25-17-6-8-22(9-7-17)13-16-5-3-2-4-15(16)10-18(23)24/h2-5,11-12,17H,6-10,13H2,1H3,(H,23,24). The molecule has 1 aliphatic heterocycles. The first kappa shape index (κ1) is 17.4. The SMILES string of the molecule is Cc1cnc(OC2CCN(Cc3ccccc3CC(=O)O)CC2)nc1. The summed E-state index contributed by atoms with van der Waals surface area (Å²) in [7, 11) is 0. The number of benzene rings is 1. The second kappa shape index (κ2) is 8.07. The Labute approximate surface area is 147 Å². The molecular formula is C19H23N3O3. The van der Waals surface area contributed by atoms with Crippen molar-refractivity contribution in [3.05, 3.63) is 53.3 Å². The lowest BCUT2D eigenvalue weighted by Crippen LogP contribution is -2.38. The molecule has 1 aromatic heterocycles. The summed E-state index contributed by atoms with van der Waals surface area (Å²) >= 11 is 0. The molecule has 1 N–H and O–H groups in total. The van der Waals surface area contributed by atoms with Gasteiger partial charge < -0.3 is 9.84 Å². The summed E-state index contributed by atoms with van der Waals surface area (Å²) < 4.78 is 5.86. The van der Waals surface area contributed by atoms with E-state index in [4.69, 9.17) is 9.84 Å². The molecule has 0 saturated carbocycles. The average Bonchev–Trinajstić information content (AvgIpc) is 2.60. The highest BCUT2D eigenvalue weighted by Gasteiger charge is 2.22. The van der Waals surface area contributed by atoms with Crippen molar-refractivity contribution in [1.82, 2.24) is 14.9 Å². The Bertz CT molecular complexity index is 710. The van der Waals surface area contributed by atoms with Gasteiger partial charge in [0.1, 0.15) is 6.10 Å². The second-order valence-corrected chi connectivity index (χ2v) is 6.48. The van der Waals surface area contributed by atoms with Crippen LogP contribution in [0.2, 0.25) is 0 Å². The molecule has 0 radical (unpaired) electrons. The van der Waals surface area contributed by atoms with Crippen molar-refractivity contribution in [3.8, 4) is 6.01 Å². The van der Waals surface area contributed by atoms with Crippen LogP contribution in [0.1, 0.15) is 29.5 Å². The molecule has 25 heavy (non-hydrogen) atoms. The maximum atomic E-state index is 11.0. The van der Waals surface area contributed by atoms with Crippen molar-refractivity contribution in [2.75, 3.05) is 13.1 Å². The Morgan fingerprint density at radius 3 is 2.48 bits per heavy atom. The van der Waals surface area contributed by atoms with Gasteiger partial charge in [0.15, 0.2) is 0 Å². The van der Waals surface area contributed by atoms with Gasteiger partial charge in [-0.05, 0) is 36.5 Å². The zero-order chi connectivity index (χ0) is 17.6. The maximum absolute atomic E-state index is 11.0. The molecule has 1 aromatic carbocycles. The van der Waals surface area contributed by atoms with Crippen LogP contribution in [0.25, 0.3) is 0 Å². The van der Waals surface area contributed by atoms with E-state index in [0.717, 1.165) is 49.2 Å². The van der Waals surface area contributed by atoms with Gasteiger partial charge in [-0.3, -0.25) is 9.69 Å². The monoisotopic (exact) mass is 341 g/mol. The fourth-order valence-corrected chi connectivity index (χ4v) is 3.06. The van der Waals surface area contributed by atoms with Crippen LogP contribution in [0.5, 0.6) is 6.01 Å². The van der Waals surface area contributed by atoms with Crippen molar-refractivity contribution < 1.29 is 14.6 Å². The van der Waals surface area contributed by atoms with Crippen molar-refractivity contribution in [1.29, 1.82) is 0 Å². The summed E-state index contributed by atoms with van der Waals surface area (Å²) in [6.45, 7) is 4.55. The van der Waals surface area contributed by atoms with Crippen LogP contribution in [0, 0.1) is 6.92 Å². The first-order valence-electron chi connectivity index (χ1n) is 8.56. The van der Waals surface area contributed by atoms with Crippen molar-refractivity contribution in [2.45, 2.75) is 38.8 Å². The quantitative estimate of drug-likeness (QED) is 0.870. The van der Waals surface area contributed by atoms with E-state index >= 15 is 0 Å². The number of ether oxygens (including phenoxy) is 1. The Balaban J connectivity index is 1.53. The second-order valence-electron chi connectivity index (χ2n) is 6.48. The Morgan fingerprint density at radius 1 is 1.20 bits per heavy atom. The first-order valence-corrected chi connectivity index (χ1v) is 8.56. The highest BCUT2D eigenvalue weighted by molar-refractivity contribution is 5.70. The molecule has 2 heterocycles.